The third-order valence-electron chi connectivity index (χ3n) is 12.2. The van der Waals surface area contributed by atoms with Crippen LogP contribution in [-0.4, -0.2) is 165 Å². The lowest BCUT2D eigenvalue weighted by molar-refractivity contribution is -0.0150. The van der Waals surface area contributed by atoms with Crippen LogP contribution in [0.1, 0.15) is 177 Å². The number of unbranched alkanes of at least 4 members (excludes halogenated alkanes) is 18. The van der Waals surface area contributed by atoms with Crippen molar-refractivity contribution in [2.45, 2.75) is 207 Å². The molecule has 416 valence electrons. The highest BCUT2D eigenvalue weighted by Gasteiger charge is 2.53. The summed E-state index contributed by atoms with van der Waals surface area (Å²) in [4.78, 5) is 0. The second-order valence-corrected chi connectivity index (χ2v) is 19.6. The van der Waals surface area contributed by atoms with Crippen molar-refractivity contribution in [2.75, 3.05) is 46.2 Å². The average Bonchev–Trinajstić information content (AvgIpc) is 3.38. The van der Waals surface area contributed by atoms with Crippen LogP contribution in [0.3, 0.4) is 0 Å². The molecule has 0 aromatic rings. The van der Waals surface area contributed by atoms with Crippen molar-refractivity contribution >= 4 is 87.9 Å². The fraction of sp³-hybridized carbons (Fsp3) is 1.00. The molecule has 5 atom stereocenters. The molecule has 0 spiro atoms. The molecule has 6 heterocycles. The van der Waals surface area contributed by atoms with Gasteiger partial charge < -0.3 is 111 Å². The van der Waals surface area contributed by atoms with Crippen molar-refractivity contribution in [1.29, 1.82) is 0 Å². The van der Waals surface area contributed by atoms with E-state index in [4.69, 9.17) is 111 Å². The summed E-state index contributed by atoms with van der Waals surface area (Å²) >= 11 is 0. The van der Waals surface area contributed by atoms with E-state index in [1.165, 1.54) is 89.9 Å². The van der Waals surface area contributed by atoms with Gasteiger partial charge in [0.2, 0.25) is 0 Å². The molecule has 0 aliphatic carbocycles. The number of hydrogen-bond acceptors (Lipinski definition) is 24. The standard InChI is InChI=1S/C39H80B12O24/c1-8-10-12-14-16-18-20-22-24-26-28-52-40-64-42-54-30-36(4)61-49-71-44(56-31-35(3)59-47(67-40)69-42)66-45(72-49)57-33-39(7)63-51-74-46-58-34-37(5)60-48-68-41(53-29-27-25-23-21-19-17-15-13-11-9-2)65-43(70-48)55-32-38(6)62-50(73-46)75-51/h35-39H,8-34H2,1-7H3. The van der Waals surface area contributed by atoms with E-state index < -0.39 is 118 Å². The minimum Gasteiger partial charge on any atom is -0.400 e. The number of rotatable bonds is 29. The summed E-state index contributed by atoms with van der Waals surface area (Å²) in [6.45, 7) is 13.9. The average molecular weight is 1060 g/mol. The summed E-state index contributed by atoms with van der Waals surface area (Å²) < 4.78 is 141. The van der Waals surface area contributed by atoms with E-state index in [2.05, 4.69) is 13.8 Å². The van der Waals surface area contributed by atoms with Gasteiger partial charge in [0.25, 0.3) is 0 Å². The molecule has 0 amide bonds. The first-order chi connectivity index (χ1) is 36.6. The Morgan fingerprint density at radius 3 is 0.933 bits per heavy atom. The quantitative estimate of drug-likeness (QED) is 0.0705. The minimum atomic E-state index is -1.33. The highest BCUT2D eigenvalue weighted by Crippen LogP contribution is 2.22. The van der Waals surface area contributed by atoms with Crippen LogP contribution >= 0.6 is 0 Å². The second kappa shape index (κ2) is 37.8. The van der Waals surface area contributed by atoms with Gasteiger partial charge in [-0.15, -0.1) is 0 Å². The molecule has 0 aromatic heterocycles. The van der Waals surface area contributed by atoms with Gasteiger partial charge in [-0.25, -0.2) is 0 Å². The maximum atomic E-state index is 6.04. The molecule has 24 nitrogen and oxygen atoms in total. The number of fused-ring (bicyclic) bond motifs is 8. The predicted molar refractivity (Wildman–Crippen MR) is 280 cm³/mol. The van der Waals surface area contributed by atoms with Crippen LogP contribution in [0, 0.1) is 0 Å². The summed E-state index contributed by atoms with van der Waals surface area (Å²) in [5.41, 5.74) is 0. The molecule has 75 heavy (non-hydrogen) atoms. The molecule has 5 unspecified atom stereocenters. The van der Waals surface area contributed by atoms with Crippen molar-refractivity contribution in [2.24, 2.45) is 0 Å². The van der Waals surface area contributed by atoms with Gasteiger partial charge in [0.1, 0.15) is 0 Å². The summed E-state index contributed by atoms with van der Waals surface area (Å²) in [5.74, 6) is 0. The van der Waals surface area contributed by atoms with E-state index >= 15 is 0 Å². The lowest BCUT2D eigenvalue weighted by Gasteiger charge is -2.34. The molecule has 0 saturated carbocycles. The van der Waals surface area contributed by atoms with Crippen LogP contribution < -0.4 is 0 Å². The molecule has 36 heteroatoms. The Morgan fingerprint density at radius 1 is 0.333 bits per heavy atom. The minimum absolute atomic E-state index is 0.00394. The monoisotopic (exact) mass is 1060 g/mol. The van der Waals surface area contributed by atoms with E-state index in [1.54, 1.807) is 34.6 Å². The van der Waals surface area contributed by atoms with Crippen LogP contribution in [0.4, 0.5) is 0 Å². The van der Waals surface area contributed by atoms with E-state index in [0.717, 1.165) is 38.5 Å². The topological polar surface area (TPSA) is 222 Å². The molecule has 6 rings (SSSR count). The first-order valence-corrected chi connectivity index (χ1v) is 28.0. The van der Waals surface area contributed by atoms with Gasteiger partial charge in [-0.3, -0.25) is 0 Å². The van der Waals surface area contributed by atoms with Gasteiger partial charge in [0.15, 0.2) is 0 Å². The lowest BCUT2D eigenvalue weighted by Crippen LogP contribution is -2.57. The summed E-state index contributed by atoms with van der Waals surface area (Å²) in [5, 5.41) is 0. The van der Waals surface area contributed by atoms with E-state index in [1.807, 2.05) is 0 Å². The highest BCUT2D eigenvalue weighted by molar-refractivity contribution is 6.69. The Balaban J connectivity index is 0.895. The third kappa shape index (κ3) is 27.0. The van der Waals surface area contributed by atoms with Gasteiger partial charge in [0.05, 0.1) is 63.6 Å². The Kier molecular flexibility index (Phi) is 32.2. The molecule has 6 fully saturated rings. The van der Waals surface area contributed by atoms with Gasteiger partial charge in [0, 0.05) is 13.2 Å². The molecule has 6 saturated heterocycles. The summed E-state index contributed by atoms with van der Waals surface area (Å²) in [7, 11) is -14.7. The summed E-state index contributed by atoms with van der Waals surface area (Å²) in [6, 6.07) is 0. The van der Waals surface area contributed by atoms with Crippen molar-refractivity contribution in [3.05, 3.63) is 0 Å². The SMILES string of the molecule is CCCCCCCCCCCCOB1OB2OCC(C)OB3OB(OCC(C)OB(O1)O2)OB(OCC(C)OB1OB2OCC(C)OB4OB(OCCCCCCCCCCCC)OB(OCC(C)OB(O2)O1)O4)O3. The van der Waals surface area contributed by atoms with Crippen LogP contribution in [0.25, 0.3) is 0 Å². The maximum absolute atomic E-state index is 6.04. The molecule has 0 radical (unpaired) electrons. The summed E-state index contributed by atoms with van der Waals surface area (Å²) in [6.07, 6.45) is 21.1. The molecule has 8 bridgehead atoms. The largest absolute Gasteiger partial charge is 0.615 e. The smallest absolute Gasteiger partial charge is 0.400 e. The molecule has 6 aliphatic rings. The molecule has 6 aliphatic heterocycles. The normalized spacial score (nSPS) is 24.5. The maximum Gasteiger partial charge on any atom is 0.615 e. The lowest BCUT2D eigenvalue weighted by atomic mass is 9.95. The van der Waals surface area contributed by atoms with Crippen molar-refractivity contribution < 1.29 is 111 Å². The van der Waals surface area contributed by atoms with Crippen LogP contribution in [0.2, 0.25) is 0 Å². The molecule has 0 N–H and O–H groups in total. The fourth-order valence-corrected chi connectivity index (χ4v) is 8.10. The predicted octanol–water partition coefficient (Wildman–Crippen LogP) is 5.07. The van der Waals surface area contributed by atoms with Crippen molar-refractivity contribution in [3.8, 4) is 0 Å². The van der Waals surface area contributed by atoms with Gasteiger partial charge in [-0.2, -0.15) is 0 Å². The Morgan fingerprint density at radius 2 is 0.600 bits per heavy atom. The van der Waals surface area contributed by atoms with E-state index in [-0.39, 0.29) is 33.0 Å². The van der Waals surface area contributed by atoms with E-state index in [0.29, 0.717) is 13.2 Å². The molecular formula is C39H80B12O24. The number of hydrogen-bond donors (Lipinski definition) is 0. The van der Waals surface area contributed by atoms with Gasteiger partial charge in [-0.1, -0.05) is 129 Å². The van der Waals surface area contributed by atoms with E-state index in [9.17, 15) is 0 Å². The Hall–Kier alpha value is -0.181. The molecule has 0 aromatic carbocycles. The highest BCUT2D eigenvalue weighted by atomic mass is 16.9. The van der Waals surface area contributed by atoms with Crippen LogP contribution in [0.15, 0.2) is 0 Å². The van der Waals surface area contributed by atoms with Crippen molar-refractivity contribution in [3.63, 3.8) is 0 Å². The van der Waals surface area contributed by atoms with Gasteiger partial charge >= 0.3 is 87.9 Å². The zero-order chi connectivity index (χ0) is 52.9. The molecular weight excluding hydrogens is 982 g/mol. The third-order valence-corrected chi connectivity index (χ3v) is 12.2. The van der Waals surface area contributed by atoms with Crippen molar-refractivity contribution in [1.82, 2.24) is 0 Å². The zero-order valence-electron chi connectivity index (χ0n) is 45.7. The fourth-order valence-electron chi connectivity index (χ4n) is 8.10. The first kappa shape index (κ1) is 64.0. The van der Waals surface area contributed by atoms with Crippen LogP contribution in [-0.2, 0) is 111 Å². The second-order valence-electron chi connectivity index (χ2n) is 19.6. The van der Waals surface area contributed by atoms with Crippen LogP contribution in [0.5, 0.6) is 0 Å². The Labute approximate surface area is 450 Å². The zero-order valence-corrected chi connectivity index (χ0v) is 45.7. The van der Waals surface area contributed by atoms with Gasteiger partial charge in [-0.05, 0) is 47.5 Å². The first-order valence-electron chi connectivity index (χ1n) is 28.0. The Bertz CT molecular complexity index is 1470.